The molecule has 4 aromatic rings. The van der Waals surface area contributed by atoms with Gasteiger partial charge < -0.3 is 20.1 Å². The third-order valence-electron chi connectivity index (χ3n) is 8.39. The molecule has 0 radical (unpaired) electrons. The molecule has 4 rings (SSSR count). The maximum absolute atomic E-state index is 16.0. The van der Waals surface area contributed by atoms with E-state index in [1.165, 1.54) is 6.92 Å². The molecule has 0 aliphatic heterocycles. The maximum Gasteiger partial charge on any atom is 0.408 e. The van der Waals surface area contributed by atoms with Crippen LogP contribution in [0.2, 0.25) is 0 Å². The minimum atomic E-state index is -4.51. The summed E-state index contributed by atoms with van der Waals surface area (Å²) in [6, 6.07) is 29.8. The van der Waals surface area contributed by atoms with Gasteiger partial charge in [0.1, 0.15) is 18.4 Å². The Labute approximate surface area is 296 Å². The molecule has 51 heavy (non-hydrogen) atoms. The monoisotopic (exact) mass is 699 g/mol. The van der Waals surface area contributed by atoms with Crippen molar-refractivity contribution in [1.82, 2.24) is 15.1 Å². The van der Waals surface area contributed by atoms with Gasteiger partial charge in [0.05, 0.1) is 6.04 Å². The highest BCUT2D eigenvalue weighted by Crippen LogP contribution is 2.25. The van der Waals surface area contributed by atoms with E-state index in [1.807, 2.05) is 30.3 Å². The average molecular weight is 700 g/mol. The molecule has 0 spiro atoms. The largest absolute Gasteiger partial charge is 0.489 e. The molecule has 9 nitrogen and oxygen atoms in total. The highest BCUT2D eigenvalue weighted by Gasteiger charge is 2.52. The predicted octanol–water partition coefficient (Wildman–Crippen LogP) is 6.75. The van der Waals surface area contributed by atoms with Gasteiger partial charge in [0.25, 0.3) is 0 Å². The van der Waals surface area contributed by atoms with E-state index in [0.29, 0.717) is 29.0 Å². The van der Waals surface area contributed by atoms with E-state index in [0.717, 1.165) is 15.4 Å². The summed E-state index contributed by atoms with van der Waals surface area (Å²) in [5, 5.41) is 12.6. The van der Waals surface area contributed by atoms with E-state index >= 15 is 8.78 Å². The second-order valence-corrected chi connectivity index (χ2v) is 12.5. The molecule has 2 N–H and O–H groups in total. The zero-order valence-electron chi connectivity index (χ0n) is 28.9. The molecule has 0 bridgehead atoms. The average Bonchev–Trinajstić information content (AvgIpc) is 3.13. The Bertz CT molecular complexity index is 1740. The van der Waals surface area contributed by atoms with E-state index in [2.05, 4.69) is 5.32 Å². The van der Waals surface area contributed by atoms with Crippen LogP contribution < -0.4 is 10.1 Å². The van der Waals surface area contributed by atoms with Gasteiger partial charge in [-0.2, -0.15) is 8.78 Å². The Morgan fingerprint density at radius 2 is 1.25 bits per heavy atom. The van der Waals surface area contributed by atoms with Gasteiger partial charge in [-0.05, 0) is 47.2 Å². The second-order valence-electron chi connectivity index (χ2n) is 12.5. The van der Waals surface area contributed by atoms with Gasteiger partial charge in [-0.15, -0.1) is 0 Å². The number of ether oxygens (including phenoxy) is 1. The van der Waals surface area contributed by atoms with Crippen LogP contribution in [-0.4, -0.2) is 63.1 Å². The molecule has 0 aliphatic rings. The SMILES string of the molecule is CCN(Cc1ccccc1)C(=O)C(F)(F)C(=O)[C@H](Cc1ccc(OCc2ccccc2)cc1)NC(=O)[C@H](C(C)C)N(Cc1ccccc1)C(=O)O. The van der Waals surface area contributed by atoms with Crippen LogP contribution in [0.15, 0.2) is 115 Å². The number of amides is 3. The fourth-order valence-corrected chi connectivity index (χ4v) is 5.69. The Morgan fingerprint density at radius 3 is 1.75 bits per heavy atom. The summed E-state index contributed by atoms with van der Waals surface area (Å²) in [4.78, 5) is 55.2. The van der Waals surface area contributed by atoms with Crippen molar-refractivity contribution in [3.8, 4) is 5.75 Å². The number of nitrogens with zero attached hydrogens (tertiary/aromatic N) is 2. The maximum atomic E-state index is 16.0. The number of alkyl halides is 2. The molecule has 268 valence electrons. The first kappa shape index (κ1) is 38.2. The number of carboxylic acid groups (broad SMARTS) is 1. The van der Waals surface area contributed by atoms with Crippen molar-refractivity contribution < 1.29 is 37.8 Å². The number of hydrogen-bond donors (Lipinski definition) is 2. The van der Waals surface area contributed by atoms with Gasteiger partial charge in [-0.1, -0.05) is 117 Å². The summed E-state index contributed by atoms with van der Waals surface area (Å²) in [7, 11) is 0. The van der Waals surface area contributed by atoms with Crippen LogP contribution in [0.4, 0.5) is 13.6 Å². The van der Waals surface area contributed by atoms with E-state index in [-0.39, 0.29) is 19.6 Å². The number of carbonyl (C=O) groups is 4. The number of hydrogen-bond acceptors (Lipinski definition) is 5. The van der Waals surface area contributed by atoms with E-state index < -0.39 is 54.0 Å². The normalized spacial score (nSPS) is 12.4. The van der Waals surface area contributed by atoms with Crippen molar-refractivity contribution >= 4 is 23.7 Å². The van der Waals surface area contributed by atoms with Crippen LogP contribution in [-0.2, 0) is 40.5 Å². The lowest BCUT2D eigenvalue weighted by atomic mass is 9.95. The van der Waals surface area contributed by atoms with Crippen LogP contribution in [0.3, 0.4) is 0 Å². The van der Waals surface area contributed by atoms with E-state index in [1.54, 1.807) is 98.8 Å². The van der Waals surface area contributed by atoms with Crippen molar-refractivity contribution in [2.24, 2.45) is 5.92 Å². The molecule has 3 amide bonds. The summed E-state index contributed by atoms with van der Waals surface area (Å²) in [6.45, 7) is 4.66. The third-order valence-corrected chi connectivity index (χ3v) is 8.39. The van der Waals surface area contributed by atoms with Crippen molar-refractivity contribution in [3.63, 3.8) is 0 Å². The highest BCUT2D eigenvalue weighted by atomic mass is 19.3. The Hall–Kier alpha value is -5.58. The Balaban J connectivity index is 1.61. The van der Waals surface area contributed by atoms with Crippen LogP contribution in [0, 0.1) is 5.92 Å². The molecular weight excluding hydrogens is 656 g/mol. The zero-order chi connectivity index (χ0) is 37.0. The van der Waals surface area contributed by atoms with Gasteiger partial charge in [0, 0.05) is 26.1 Å². The summed E-state index contributed by atoms with van der Waals surface area (Å²) >= 11 is 0. The molecule has 4 aromatic carbocycles. The highest BCUT2D eigenvalue weighted by molar-refractivity contribution is 6.10. The first-order valence-electron chi connectivity index (χ1n) is 16.8. The van der Waals surface area contributed by atoms with Crippen molar-refractivity contribution in [1.29, 1.82) is 0 Å². The second kappa shape index (κ2) is 17.9. The lowest BCUT2D eigenvalue weighted by Gasteiger charge is -2.33. The number of nitrogens with one attached hydrogen (secondary N) is 1. The first-order chi connectivity index (χ1) is 24.4. The molecule has 0 fully saturated rings. The fraction of sp³-hybridized carbons (Fsp3) is 0.300. The van der Waals surface area contributed by atoms with Crippen LogP contribution in [0.25, 0.3) is 0 Å². The topological polar surface area (TPSA) is 116 Å². The van der Waals surface area contributed by atoms with E-state index in [4.69, 9.17) is 4.74 Å². The third kappa shape index (κ3) is 10.5. The molecule has 0 aromatic heterocycles. The molecule has 0 unspecified atom stereocenters. The number of carbonyl (C=O) groups excluding carboxylic acids is 3. The smallest absolute Gasteiger partial charge is 0.408 e. The van der Waals surface area contributed by atoms with Gasteiger partial charge in [0.15, 0.2) is 0 Å². The fourth-order valence-electron chi connectivity index (χ4n) is 5.69. The number of benzene rings is 4. The van der Waals surface area contributed by atoms with Crippen molar-refractivity contribution in [2.45, 2.75) is 64.9 Å². The molecular formula is C40H43F2N3O6. The van der Waals surface area contributed by atoms with Gasteiger partial charge in [-0.3, -0.25) is 19.3 Å². The number of ketones is 1. The summed E-state index contributed by atoms with van der Waals surface area (Å²) in [5.74, 6) is -9.06. The van der Waals surface area contributed by atoms with Crippen molar-refractivity contribution in [2.75, 3.05) is 6.54 Å². The Morgan fingerprint density at radius 1 is 0.745 bits per heavy atom. The molecule has 0 aliphatic carbocycles. The van der Waals surface area contributed by atoms with Gasteiger partial charge in [-0.25, -0.2) is 4.79 Å². The lowest BCUT2D eigenvalue weighted by molar-refractivity contribution is -0.168. The molecule has 0 saturated carbocycles. The minimum Gasteiger partial charge on any atom is -0.489 e. The van der Waals surface area contributed by atoms with Crippen LogP contribution in [0.1, 0.15) is 43.0 Å². The Kier molecular flexibility index (Phi) is 13.4. The summed E-state index contributed by atoms with van der Waals surface area (Å²) in [5.41, 5.74) is 2.55. The summed E-state index contributed by atoms with van der Waals surface area (Å²) in [6.07, 6.45) is -1.80. The predicted molar refractivity (Wildman–Crippen MR) is 189 cm³/mol. The van der Waals surface area contributed by atoms with Crippen LogP contribution in [0.5, 0.6) is 5.75 Å². The number of Topliss-reactive ketones (excluding diaryl/α,β-unsaturated/α-hetero) is 1. The molecule has 2 atom stereocenters. The number of rotatable bonds is 17. The summed E-state index contributed by atoms with van der Waals surface area (Å²) < 4.78 is 37.8. The number of halogens is 2. The minimum absolute atomic E-state index is 0.0967. The van der Waals surface area contributed by atoms with E-state index in [9.17, 15) is 24.3 Å². The van der Waals surface area contributed by atoms with Crippen LogP contribution >= 0.6 is 0 Å². The zero-order valence-corrected chi connectivity index (χ0v) is 28.9. The molecule has 11 heteroatoms. The lowest BCUT2D eigenvalue weighted by Crippen LogP contribution is -2.59. The first-order valence-corrected chi connectivity index (χ1v) is 16.8. The van der Waals surface area contributed by atoms with Gasteiger partial charge >= 0.3 is 17.9 Å². The quantitative estimate of drug-likeness (QED) is 0.118. The van der Waals surface area contributed by atoms with Gasteiger partial charge in [0.2, 0.25) is 11.7 Å². The molecule has 0 saturated heterocycles. The molecule has 0 heterocycles. The van der Waals surface area contributed by atoms with Crippen molar-refractivity contribution in [3.05, 3.63) is 138 Å². The standard InChI is InChI=1S/C40H43F2N3O6/c1-4-44(25-30-14-8-5-9-15-30)38(48)40(41,42)36(46)34(24-29-20-22-33(23-21-29)51-27-32-18-12-7-13-19-32)43-37(47)35(28(2)3)45(39(49)50)26-31-16-10-6-11-17-31/h5-23,28,34-35H,4,24-27H2,1-3H3,(H,43,47)(H,49,50)/t34-,35-/m0/s1.